The van der Waals surface area contributed by atoms with Crippen LogP contribution in [-0.4, -0.2) is 34.1 Å². The summed E-state index contributed by atoms with van der Waals surface area (Å²) < 4.78 is 0. The first-order chi connectivity index (χ1) is 8.74. The molecule has 1 aliphatic rings. The van der Waals surface area contributed by atoms with Crippen LogP contribution in [0.5, 0.6) is 0 Å². The number of nitrogens with two attached hydrogens (primary N) is 1. The molecule has 0 spiro atoms. The van der Waals surface area contributed by atoms with Gasteiger partial charge in [-0.25, -0.2) is 15.0 Å². The Balaban J connectivity index is 2.03. The lowest BCUT2D eigenvalue weighted by molar-refractivity contribution is 0.402. The molecule has 1 aliphatic heterocycles. The second-order valence-corrected chi connectivity index (χ2v) is 5.06. The van der Waals surface area contributed by atoms with Crippen molar-refractivity contribution in [2.45, 2.75) is 19.4 Å². The normalized spacial score (nSPS) is 24.4. The standard InChI is InChI=1S/C13H17N5/c1-9-6-10(14)8-18(7-9)11-2-3-16-13-12(11)15-4-5-17-13/h2-5,9-10H,6-8,14H2,1H3. The third kappa shape index (κ3) is 2.01. The van der Waals surface area contributed by atoms with Gasteiger partial charge in [-0.2, -0.15) is 0 Å². The first-order valence-electron chi connectivity index (χ1n) is 6.30. The molecule has 0 saturated carbocycles. The van der Waals surface area contributed by atoms with E-state index in [0.717, 1.165) is 30.7 Å². The summed E-state index contributed by atoms with van der Waals surface area (Å²) in [7, 11) is 0. The summed E-state index contributed by atoms with van der Waals surface area (Å²) in [6.45, 7) is 4.13. The van der Waals surface area contributed by atoms with Gasteiger partial charge in [0.1, 0.15) is 5.52 Å². The maximum atomic E-state index is 6.10. The zero-order valence-electron chi connectivity index (χ0n) is 10.5. The highest BCUT2D eigenvalue weighted by molar-refractivity contribution is 5.85. The monoisotopic (exact) mass is 243 g/mol. The number of anilines is 1. The van der Waals surface area contributed by atoms with Gasteiger partial charge in [0.25, 0.3) is 0 Å². The van der Waals surface area contributed by atoms with Gasteiger partial charge in [-0.05, 0) is 18.4 Å². The van der Waals surface area contributed by atoms with Gasteiger partial charge in [0, 0.05) is 37.7 Å². The van der Waals surface area contributed by atoms with Gasteiger partial charge in [0.05, 0.1) is 5.69 Å². The fraction of sp³-hybridized carbons (Fsp3) is 0.462. The molecule has 2 atom stereocenters. The summed E-state index contributed by atoms with van der Waals surface area (Å²) in [6, 6.07) is 2.23. The van der Waals surface area contributed by atoms with E-state index in [1.165, 1.54) is 0 Å². The minimum Gasteiger partial charge on any atom is -0.368 e. The molecule has 0 aromatic carbocycles. The average molecular weight is 243 g/mol. The molecule has 94 valence electrons. The Morgan fingerprint density at radius 2 is 1.94 bits per heavy atom. The van der Waals surface area contributed by atoms with Crippen molar-refractivity contribution < 1.29 is 0 Å². The van der Waals surface area contributed by atoms with Gasteiger partial charge in [-0.3, -0.25) is 0 Å². The van der Waals surface area contributed by atoms with Crippen molar-refractivity contribution in [2.24, 2.45) is 11.7 Å². The average Bonchev–Trinajstić information content (AvgIpc) is 2.37. The summed E-state index contributed by atoms with van der Waals surface area (Å²) in [6.07, 6.45) is 6.26. The number of pyridine rings is 1. The zero-order valence-corrected chi connectivity index (χ0v) is 10.5. The number of rotatable bonds is 1. The third-order valence-corrected chi connectivity index (χ3v) is 3.38. The summed E-state index contributed by atoms with van der Waals surface area (Å²) >= 11 is 0. The lowest BCUT2D eigenvalue weighted by Gasteiger charge is -2.36. The van der Waals surface area contributed by atoms with E-state index in [4.69, 9.17) is 5.73 Å². The molecule has 0 aliphatic carbocycles. The van der Waals surface area contributed by atoms with Crippen LogP contribution in [0.1, 0.15) is 13.3 Å². The van der Waals surface area contributed by atoms with Crippen molar-refractivity contribution in [3.63, 3.8) is 0 Å². The highest BCUT2D eigenvalue weighted by Gasteiger charge is 2.23. The molecule has 2 aromatic rings. The van der Waals surface area contributed by atoms with Crippen LogP contribution in [-0.2, 0) is 0 Å². The molecule has 18 heavy (non-hydrogen) atoms. The van der Waals surface area contributed by atoms with Crippen molar-refractivity contribution in [3.05, 3.63) is 24.7 Å². The Kier molecular flexibility index (Phi) is 2.83. The predicted molar refractivity (Wildman–Crippen MR) is 71.3 cm³/mol. The molecule has 2 unspecified atom stereocenters. The molecule has 1 fully saturated rings. The molecule has 2 N–H and O–H groups in total. The zero-order chi connectivity index (χ0) is 12.5. The van der Waals surface area contributed by atoms with E-state index in [2.05, 4.69) is 26.8 Å². The van der Waals surface area contributed by atoms with Crippen LogP contribution >= 0.6 is 0 Å². The smallest absolute Gasteiger partial charge is 0.180 e. The summed E-state index contributed by atoms with van der Waals surface area (Å²) in [5.41, 5.74) is 8.75. The third-order valence-electron chi connectivity index (χ3n) is 3.38. The second-order valence-electron chi connectivity index (χ2n) is 5.06. The largest absolute Gasteiger partial charge is 0.368 e. The first kappa shape index (κ1) is 11.3. The van der Waals surface area contributed by atoms with Gasteiger partial charge in [0.2, 0.25) is 0 Å². The predicted octanol–water partition coefficient (Wildman–Crippen LogP) is 1.20. The Morgan fingerprint density at radius 3 is 2.78 bits per heavy atom. The highest BCUT2D eigenvalue weighted by Crippen LogP contribution is 2.26. The van der Waals surface area contributed by atoms with Crippen LogP contribution in [0.15, 0.2) is 24.7 Å². The molecule has 0 amide bonds. The Labute approximate surface area is 106 Å². The van der Waals surface area contributed by atoms with E-state index in [-0.39, 0.29) is 6.04 Å². The maximum Gasteiger partial charge on any atom is 0.180 e. The number of hydrogen-bond acceptors (Lipinski definition) is 5. The van der Waals surface area contributed by atoms with Crippen molar-refractivity contribution in [1.82, 2.24) is 15.0 Å². The number of hydrogen-bond donors (Lipinski definition) is 1. The van der Waals surface area contributed by atoms with Crippen LogP contribution in [0.25, 0.3) is 11.2 Å². The molecule has 0 radical (unpaired) electrons. The number of piperidine rings is 1. The van der Waals surface area contributed by atoms with E-state index in [9.17, 15) is 0 Å². The van der Waals surface area contributed by atoms with E-state index in [0.29, 0.717) is 11.6 Å². The van der Waals surface area contributed by atoms with E-state index >= 15 is 0 Å². The van der Waals surface area contributed by atoms with Crippen LogP contribution < -0.4 is 10.6 Å². The topological polar surface area (TPSA) is 67.9 Å². The highest BCUT2D eigenvalue weighted by atomic mass is 15.2. The molecule has 5 nitrogen and oxygen atoms in total. The summed E-state index contributed by atoms with van der Waals surface area (Å²) in [5, 5.41) is 0. The van der Waals surface area contributed by atoms with Crippen molar-refractivity contribution in [3.8, 4) is 0 Å². The van der Waals surface area contributed by atoms with Crippen LogP contribution in [0.2, 0.25) is 0 Å². The molecule has 3 rings (SSSR count). The van der Waals surface area contributed by atoms with Gasteiger partial charge >= 0.3 is 0 Å². The van der Waals surface area contributed by atoms with E-state index in [1.54, 1.807) is 18.6 Å². The molecule has 3 heterocycles. The Morgan fingerprint density at radius 1 is 1.17 bits per heavy atom. The Bertz CT molecular complexity index is 541. The molecule has 5 heteroatoms. The van der Waals surface area contributed by atoms with Crippen LogP contribution in [0.3, 0.4) is 0 Å². The molecule has 2 aromatic heterocycles. The number of nitrogens with zero attached hydrogens (tertiary/aromatic N) is 4. The molecule has 1 saturated heterocycles. The van der Waals surface area contributed by atoms with Gasteiger partial charge in [0.15, 0.2) is 5.65 Å². The summed E-state index contributed by atoms with van der Waals surface area (Å²) in [5.74, 6) is 0.605. The number of fused-ring (bicyclic) bond motifs is 1. The summed E-state index contributed by atoms with van der Waals surface area (Å²) in [4.78, 5) is 15.2. The van der Waals surface area contributed by atoms with Gasteiger partial charge in [-0.1, -0.05) is 6.92 Å². The lowest BCUT2D eigenvalue weighted by Crippen LogP contribution is -2.46. The lowest BCUT2D eigenvalue weighted by atomic mass is 9.96. The molecule has 0 bridgehead atoms. The van der Waals surface area contributed by atoms with Crippen molar-refractivity contribution >= 4 is 16.9 Å². The van der Waals surface area contributed by atoms with Crippen LogP contribution in [0.4, 0.5) is 5.69 Å². The SMILES string of the molecule is CC1CC(N)CN(c2ccnc3nccnc23)C1. The van der Waals surface area contributed by atoms with Crippen molar-refractivity contribution in [1.29, 1.82) is 0 Å². The first-order valence-corrected chi connectivity index (χ1v) is 6.30. The van der Waals surface area contributed by atoms with E-state index < -0.39 is 0 Å². The molecular formula is C13H17N5. The maximum absolute atomic E-state index is 6.10. The van der Waals surface area contributed by atoms with Gasteiger partial charge in [-0.15, -0.1) is 0 Å². The fourth-order valence-corrected chi connectivity index (χ4v) is 2.71. The minimum absolute atomic E-state index is 0.230. The Hall–Kier alpha value is -1.75. The molecular weight excluding hydrogens is 226 g/mol. The van der Waals surface area contributed by atoms with Crippen molar-refractivity contribution in [2.75, 3.05) is 18.0 Å². The minimum atomic E-state index is 0.230. The quantitative estimate of drug-likeness (QED) is 0.815. The fourth-order valence-electron chi connectivity index (χ4n) is 2.71. The van der Waals surface area contributed by atoms with Gasteiger partial charge < -0.3 is 10.6 Å². The number of aromatic nitrogens is 3. The second kappa shape index (κ2) is 4.49. The van der Waals surface area contributed by atoms with Crippen LogP contribution in [0, 0.1) is 5.92 Å². The van der Waals surface area contributed by atoms with E-state index in [1.807, 2.05) is 6.07 Å².